The SMILES string of the molecule is OC[C@@H](O)[C@@H](O)[C@H](O)c1ooc1O. The van der Waals surface area contributed by atoms with Crippen LogP contribution in [0, 0.1) is 0 Å². The molecule has 3 atom stereocenters. The van der Waals surface area contributed by atoms with E-state index in [2.05, 4.69) is 9.15 Å². The first-order valence-electron chi connectivity index (χ1n) is 3.50. The van der Waals surface area contributed by atoms with E-state index in [9.17, 15) is 0 Å². The van der Waals surface area contributed by atoms with Gasteiger partial charge in [0.15, 0.2) is 6.10 Å². The molecule has 1 aromatic heterocycles. The number of rotatable bonds is 4. The van der Waals surface area contributed by atoms with Gasteiger partial charge < -0.3 is 25.5 Å². The fourth-order valence-electron chi connectivity index (χ4n) is 0.776. The fourth-order valence-corrected chi connectivity index (χ4v) is 0.776. The van der Waals surface area contributed by atoms with E-state index in [-0.39, 0.29) is 5.76 Å². The standard InChI is InChI=1S/C6H10O7/c7-1-2(8)3(9)4(10)5-6(11)13-12-5/h2-4,7-11H,1H2/t2-,3-,4+/m1/s1. The highest BCUT2D eigenvalue weighted by Gasteiger charge is 2.33. The number of aliphatic hydroxyl groups excluding tert-OH is 4. The lowest BCUT2D eigenvalue weighted by molar-refractivity contribution is -0.129. The molecule has 0 aliphatic rings. The lowest BCUT2D eigenvalue weighted by Gasteiger charge is -2.20. The van der Waals surface area contributed by atoms with Crippen molar-refractivity contribution in [3.63, 3.8) is 0 Å². The molecule has 0 aliphatic heterocycles. The predicted molar refractivity (Wildman–Crippen MR) is 36.7 cm³/mol. The first-order valence-corrected chi connectivity index (χ1v) is 3.50. The summed E-state index contributed by atoms with van der Waals surface area (Å²) in [4.78, 5) is 0. The van der Waals surface area contributed by atoms with Gasteiger partial charge in [0.25, 0.3) is 5.76 Å². The van der Waals surface area contributed by atoms with Crippen molar-refractivity contribution in [1.29, 1.82) is 0 Å². The maximum atomic E-state index is 9.17. The Labute approximate surface area is 72.4 Å². The molecule has 0 saturated carbocycles. The minimum Gasteiger partial charge on any atom is -0.475 e. The van der Waals surface area contributed by atoms with Crippen molar-refractivity contribution in [1.82, 2.24) is 0 Å². The zero-order chi connectivity index (χ0) is 10.0. The van der Waals surface area contributed by atoms with Gasteiger partial charge in [-0.05, 0) is 0 Å². The molecule has 7 heteroatoms. The highest BCUT2D eigenvalue weighted by Crippen LogP contribution is 2.30. The summed E-state index contributed by atoms with van der Waals surface area (Å²) < 4.78 is 8.10. The molecule has 1 heterocycles. The van der Waals surface area contributed by atoms with Gasteiger partial charge in [-0.25, -0.2) is 4.58 Å². The Morgan fingerprint density at radius 3 is 2.08 bits per heavy atom. The second kappa shape index (κ2) is 3.79. The monoisotopic (exact) mass is 194 g/mol. The average Bonchev–Trinajstić information content (AvgIpc) is 2.12. The van der Waals surface area contributed by atoms with Crippen LogP contribution in [0.5, 0.6) is 5.95 Å². The smallest absolute Gasteiger partial charge is 0.374 e. The lowest BCUT2D eigenvalue weighted by Crippen LogP contribution is -2.35. The summed E-state index contributed by atoms with van der Waals surface area (Å²) in [5.41, 5.74) is 0. The van der Waals surface area contributed by atoms with Gasteiger partial charge in [0.2, 0.25) is 0 Å². The molecular weight excluding hydrogens is 184 g/mol. The summed E-state index contributed by atoms with van der Waals surface area (Å²) in [6.07, 6.45) is -4.79. The second-order valence-corrected chi connectivity index (χ2v) is 2.52. The summed E-state index contributed by atoms with van der Waals surface area (Å²) in [5, 5.41) is 44.3. The first-order chi connectivity index (χ1) is 6.07. The van der Waals surface area contributed by atoms with Crippen molar-refractivity contribution < 1.29 is 34.7 Å². The van der Waals surface area contributed by atoms with E-state index < -0.39 is 30.9 Å². The zero-order valence-corrected chi connectivity index (χ0v) is 6.49. The van der Waals surface area contributed by atoms with Crippen molar-refractivity contribution in [2.45, 2.75) is 18.3 Å². The van der Waals surface area contributed by atoms with E-state index in [1.165, 1.54) is 0 Å². The van der Waals surface area contributed by atoms with Crippen molar-refractivity contribution in [2.75, 3.05) is 6.61 Å². The van der Waals surface area contributed by atoms with E-state index in [1.54, 1.807) is 0 Å². The number of hydrogen-bond acceptors (Lipinski definition) is 7. The largest absolute Gasteiger partial charge is 0.475 e. The summed E-state index contributed by atoms with van der Waals surface area (Å²) >= 11 is 0. The normalized spacial score (nSPS) is 18.5. The van der Waals surface area contributed by atoms with Crippen LogP contribution in [0.15, 0.2) is 9.15 Å². The van der Waals surface area contributed by atoms with Gasteiger partial charge in [-0.15, -0.1) is 0 Å². The van der Waals surface area contributed by atoms with E-state index >= 15 is 0 Å². The van der Waals surface area contributed by atoms with Crippen molar-refractivity contribution in [3.8, 4) is 5.95 Å². The van der Waals surface area contributed by atoms with E-state index in [0.717, 1.165) is 0 Å². The van der Waals surface area contributed by atoms with Gasteiger partial charge in [0, 0.05) is 0 Å². The van der Waals surface area contributed by atoms with E-state index in [0.29, 0.717) is 0 Å². The Balaban J connectivity index is 2.60. The van der Waals surface area contributed by atoms with Crippen LogP contribution in [-0.4, -0.2) is 44.3 Å². The average molecular weight is 194 g/mol. The number of hydrogen-bond donors (Lipinski definition) is 5. The third-order valence-electron chi connectivity index (χ3n) is 1.59. The van der Waals surface area contributed by atoms with Crippen LogP contribution in [0.4, 0.5) is 0 Å². The summed E-state index contributed by atoms with van der Waals surface area (Å²) in [6.45, 7) is -0.715. The molecular formula is C6H10O7. The Kier molecular flexibility index (Phi) is 2.94. The molecule has 0 aliphatic carbocycles. The van der Waals surface area contributed by atoms with E-state index in [1.807, 2.05) is 0 Å². The van der Waals surface area contributed by atoms with Crippen LogP contribution in [0.25, 0.3) is 0 Å². The van der Waals surface area contributed by atoms with Gasteiger partial charge in [0.1, 0.15) is 12.2 Å². The minimum absolute atomic E-state index is 0.375. The van der Waals surface area contributed by atoms with Gasteiger partial charge in [-0.1, -0.05) is 0 Å². The summed E-state index contributed by atoms with van der Waals surface area (Å²) in [5.74, 6) is -1.03. The van der Waals surface area contributed by atoms with Crippen molar-refractivity contribution >= 4 is 0 Å². The molecule has 0 aromatic carbocycles. The van der Waals surface area contributed by atoms with Gasteiger partial charge in [-0.2, -0.15) is 0 Å². The Morgan fingerprint density at radius 2 is 1.77 bits per heavy atom. The third-order valence-corrected chi connectivity index (χ3v) is 1.59. The van der Waals surface area contributed by atoms with Gasteiger partial charge >= 0.3 is 5.95 Å². The second-order valence-electron chi connectivity index (χ2n) is 2.52. The third kappa shape index (κ3) is 1.83. The topological polar surface area (TPSA) is 127 Å². The quantitative estimate of drug-likeness (QED) is 0.362. The van der Waals surface area contributed by atoms with Crippen LogP contribution in [0.3, 0.4) is 0 Å². The predicted octanol–water partition coefficient (Wildman–Crippen LogP) is -1.67. The van der Waals surface area contributed by atoms with Crippen molar-refractivity contribution in [2.24, 2.45) is 0 Å². The maximum Gasteiger partial charge on any atom is 0.374 e. The molecule has 1 rings (SSSR count). The van der Waals surface area contributed by atoms with Crippen LogP contribution < -0.4 is 0 Å². The molecule has 0 amide bonds. The lowest BCUT2D eigenvalue weighted by atomic mass is 10.1. The molecule has 5 N–H and O–H groups in total. The molecule has 7 nitrogen and oxygen atoms in total. The van der Waals surface area contributed by atoms with Crippen LogP contribution in [0.1, 0.15) is 11.9 Å². The highest BCUT2D eigenvalue weighted by atomic mass is 17.0. The first kappa shape index (κ1) is 10.1. The molecule has 76 valence electrons. The highest BCUT2D eigenvalue weighted by molar-refractivity contribution is 5.12. The fraction of sp³-hybridized carbons (Fsp3) is 0.667. The molecule has 0 unspecified atom stereocenters. The van der Waals surface area contributed by atoms with Crippen LogP contribution in [-0.2, 0) is 0 Å². The van der Waals surface area contributed by atoms with Gasteiger partial charge in [-0.3, -0.25) is 4.58 Å². The van der Waals surface area contributed by atoms with Crippen LogP contribution in [0.2, 0.25) is 0 Å². The molecule has 0 saturated heterocycles. The molecule has 0 spiro atoms. The summed E-state index contributed by atoms with van der Waals surface area (Å²) in [6, 6.07) is 0. The summed E-state index contributed by atoms with van der Waals surface area (Å²) in [7, 11) is 0. The molecule has 0 bridgehead atoms. The molecule has 1 aromatic rings. The molecule has 0 fully saturated rings. The number of aliphatic hydroxyl groups is 4. The van der Waals surface area contributed by atoms with Crippen molar-refractivity contribution in [3.05, 3.63) is 5.76 Å². The number of aromatic hydroxyl groups is 1. The Morgan fingerprint density at radius 1 is 1.15 bits per heavy atom. The Hall–Kier alpha value is -1.02. The van der Waals surface area contributed by atoms with Crippen LogP contribution >= 0.6 is 0 Å². The Bertz CT molecular complexity index is 252. The van der Waals surface area contributed by atoms with E-state index in [4.69, 9.17) is 25.5 Å². The molecule has 13 heavy (non-hydrogen) atoms. The zero-order valence-electron chi connectivity index (χ0n) is 6.49. The van der Waals surface area contributed by atoms with Gasteiger partial charge in [0.05, 0.1) is 6.61 Å². The molecule has 0 radical (unpaired) electrons. The minimum atomic E-state index is -1.65. The maximum absolute atomic E-state index is 9.17.